The average molecular weight is 492 g/mol. The minimum Gasteiger partial charge on any atom is -0.465 e. The van der Waals surface area contributed by atoms with Crippen LogP contribution in [0.2, 0.25) is 5.02 Å². The number of sulfone groups is 1. The van der Waals surface area contributed by atoms with E-state index >= 15 is 0 Å². The van der Waals surface area contributed by atoms with Crippen LogP contribution in [0.25, 0.3) is 11.0 Å². The molecule has 1 aromatic carbocycles. The summed E-state index contributed by atoms with van der Waals surface area (Å²) < 4.78 is 28.4. The zero-order valence-corrected chi connectivity index (χ0v) is 20.1. The molecule has 33 heavy (non-hydrogen) atoms. The third-order valence-corrected chi connectivity index (χ3v) is 8.71. The molecule has 1 saturated heterocycles. The van der Waals surface area contributed by atoms with E-state index in [0.717, 1.165) is 28.8 Å². The van der Waals surface area contributed by atoms with E-state index < -0.39 is 15.9 Å². The van der Waals surface area contributed by atoms with Crippen LogP contribution in [0, 0.1) is 0 Å². The van der Waals surface area contributed by atoms with Crippen molar-refractivity contribution < 1.29 is 18.3 Å². The highest BCUT2D eigenvalue weighted by Crippen LogP contribution is 2.39. The van der Waals surface area contributed by atoms with Crippen LogP contribution in [-0.4, -0.2) is 56.5 Å². The summed E-state index contributed by atoms with van der Waals surface area (Å²) in [6.07, 6.45) is 4.32. The SMILES string of the molecule is CC(Cn1cc(Cl)cn1)c1nc2c3c(ccc2n1[C@H]1CCS(=O)(=O)C1)N(C(=O)O)[C@@H](C)CC3. The monoisotopic (exact) mass is 491 g/mol. The molecule has 3 atom stereocenters. The van der Waals surface area contributed by atoms with E-state index in [1.807, 2.05) is 26.0 Å². The summed E-state index contributed by atoms with van der Waals surface area (Å²) in [4.78, 5) is 18.4. The van der Waals surface area contributed by atoms with Gasteiger partial charge in [-0.15, -0.1) is 0 Å². The normalized spacial score (nSPS) is 23.1. The Morgan fingerprint density at radius 3 is 2.76 bits per heavy atom. The summed E-state index contributed by atoms with van der Waals surface area (Å²) in [5, 5.41) is 14.6. The summed E-state index contributed by atoms with van der Waals surface area (Å²) in [6.45, 7) is 4.48. The van der Waals surface area contributed by atoms with Gasteiger partial charge in [0.2, 0.25) is 0 Å². The first kappa shape index (κ1) is 22.2. The summed E-state index contributed by atoms with van der Waals surface area (Å²) in [7, 11) is -3.10. The molecule has 2 aliphatic heterocycles. The van der Waals surface area contributed by atoms with Gasteiger partial charge in [-0.3, -0.25) is 9.58 Å². The van der Waals surface area contributed by atoms with E-state index in [1.54, 1.807) is 17.1 Å². The fraction of sp³-hybridized carbons (Fsp3) is 0.500. The van der Waals surface area contributed by atoms with Gasteiger partial charge in [0.15, 0.2) is 9.84 Å². The van der Waals surface area contributed by atoms with Crippen molar-refractivity contribution in [2.75, 3.05) is 16.4 Å². The lowest BCUT2D eigenvalue weighted by atomic mass is 9.95. The third-order valence-electron chi connectivity index (χ3n) is 6.76. The van der Waals surface area contributed by atoms with Crippen molar-refractivity contribution in [2.45, 2.75) is 57.7 Å². The van der Waals surface area contributed by atoms with Gasteiger partial charge in [-0.1, -0.05) is 18.5 Å². The lowest BCUT2D eigenvalue weighted by Crippen LogP contribution is -2.41. The van der Waals surface area contributed by atoms with Gasteiger partial charge in [0.25, 0.3) is 0 Å². The second-order valence-electron chi connectivity index (χ2n) is 9.15. The van der Waals surface area contributed by atoms with Crippen molar-refractivity contribution in [3.05, 3.63) is 40.9 Å². The molecule has 1 amide bonds. The number of aryl methyl sites for hydroxylation is 1. The van der Waals surface area contributed by atoms with Crippen LogP contribution in [0.3, 0.4) is 0 Å². The second kappa shape index (κ2) is 8.02. The number of hydrogen-bond acceptors (Lipinski definition) is 5. The molecule has 4 heterocycles. The van der Waals surface area contributed by atoms with E-state index in [1.165, 1.54) is 4.90 Å². The summed E-state index contributed by atoms with van der Waals surface area (Å²) in [5.74, 6) is 0.967. The van der Waals surface area contributed by atoms with Gasteiger partial charge >= 0.3 is 6.09 Å². The van der Waals surface area contributed by atoms with Crippen LogP contribution >= 0.6 is 11.6 Å². The first-order valence-electron chi connectivity index (χ1n) is 11.1. The number of anilines is 1. The number of rotatable bonds is 4. The molecule has 176 valence electrons. The number of carbonyl (C=O) groups is 1. The molecule has 5 rings (SSSR count). The van der Waals surface area contributed by atoms with Gasteiger partial charge in [0.1, 0.15) is 5.82 Å². The fourth-order valence-electron chi connectivity index (χ4n) is 5.22. The maximum atomic E-state index is 12.3. The molecular weight excluding hydrogens is 466 g/mol. The van der Waals surface area contributed by atoms with Crippen molar-refractivity contribution in [1.82, 2.24) is 19.3 Å². The number of imidazole rings is 1. The molecule has 1 unspecified atom stereocenters. The minimum atomic E-state index is -3.10. The van der Waals surface area contributed by atoms with E-state index in [4.69, 9.17) is 16.6 Å². The van der Waals surface area contributed by atoms with Gasteiger partial charge in [0.05, 0.1) is 52.0 Å². The van der Waals surface area contributed by atoms with E-state index in [2.05, 4.69) is 9.67 Å². The van der Waals surface area contributed by atoms with Gasteiger partial charge in [0, 0.05) is 23.7 Å². The van der Waals surface area contributed by atoms with Crippen LogP contribution < -0.4 is 4.90 Å². The smallest absolute Gasteiger partial charge is 0.412 e. The van der Waals surface area contributed by atoms with Crippen molar-refractivity contribution in [3.8, 4) is 0 Å². The quantitative estimate of drug-likeness (QED) is 0.593. The lowest BCUT2D eigenvalue weighted by molar-refractivity contribution is 0.198. The Morgan fingerprint density at radius 2 is 2.12 bits per heavy atom. The zero-order chi connectivity index (χ0) is 23.5. The van der Waals surface area contributed by atoms with Gasteiger partial charge in [-0.25, -0.2) is 18.2 Å². The standard InChI is InChI=1S/C22H26ClN5O4S/c1-13(10-26-11-15(23)9-24-26)21-25-20-17-4-3-14(2)27(22(29)30)18(17)5-6-19(20)28(21)16-7-8-33(31,32)12-16/h5-6,9,11,13-14,16H,3-4,7-8,10,12H2,1-2H3,(H,29,30)/t13?,14-,16-/m0/s1. The first-order valence-corrected chi connectivity index (χ1v) is 13.3. The molecule has 2 aliphatic rings. The molecule has 0 spiro atoms. The number of nitrogens with zero attached hydrogens (tertiary/aromatic N) is 5. The molecule has 2 aromatic heterocycles. The second-order valence-corrected chi connectivity index (χ2v) is 11.8. The Bertz CT molecular complexity index is 1350. The third kappa shape index (κ3) is 3.89. The number of aromatic nitrogens is 4. The van der Waals surface area contributed by atoms with Crippen LogP contribution in [0.1, 0.15) is 50.0 Å². The Hall–Kier alpha value is -2.59. The Labute approximate surface area is 196 Å². The van der Waals surface area contributed by atoms with Gasteiger partial charge in [-0.2, -0.15) is 5.10 Å². The lowest BCUT2D eigenvalue weighted by Gasteiger charge is -2.33. The predicted molar refractivity (Wildman–Crippen MR) is 126 cm³/mol. The number of benzene rings is 1. The number of fused-ring (bicyclic) bond motifs is 3. The van der Waals surface area contributed by atoms with Crippen molar-refractivity contribution in [2.24, 2.45) is 0 Å². The maximum absolute atomic E-state index is 12.3. The summed E-state index contributed by atoms with van der Waals surface area (Å²) >= 11 is 6.03. The Morgan fingerprint density at radius 1 is 1.33 bits per heavy atom. The predicted octanol–water partition coefficient (Wildman–Crippen LogP) is 3.87. The maximum Gasteiger partial charge on any atom is 0.412 e. The highest BCUT2D eigenvalue weighted by atomic mass is 35.5. The Balaban J connectivity index is 1.66. The number of hydrogen-bond donors (Lipinski definition) is 1. The summed E-state index contributed by atoms with van der Waals surface area (Å²) in [6, 6.07) is 3.42. The molecule has 0 radical (unpaired) electrons. The Kier molecular flexibility index (Phi) is 5.40. The minimum absolute atomic E-state index is 0.0644. The summed E-state index contributed by atoms with van der Waals surface area (Å²) in [5.41, 5.74) is 3.19. The van der Waals surface area contributed by atoms with Crippen molar-refractivity contribution in [3.63, 3.8) is 0 Å². The van der Waals surface area contributed by atoms with Crippen LogP contribution in [0.4, 0.5) is 10.5 Å². The van der Waals surface area contributed by atoms with Gasteiger partial charge in [-0.05, 0) is 38.3 Å². The molecule has 3 aromatic rings. The van der Waals surface area contributed by atoms with Crippen molar-refractivity contribution >= 4 is 44.3 Å². The molecular formula is C22H26ClN5O4S. The molecule has 0 aliphatic carbocycles. The van der Waals surface area contributed by atoms with Crippen LogP contribution in [0.15, 0.2) is 24.5 Å². The molecule has 1 fully saturated rings. The topological polar surface area (TPSA) is 110 Å². The molecule has 1 N–H and O–H groups in total. The fourth-order valence-corrected chi connectivity index (χ4v) is 7.07. The average Bonchev–Trinajstić information content (AvgIpc) is 3.43. The van der Waals surface area contributed by atoms with E-state index in [0.29, 0.717) is 30.1 Å². The van der Waals surface area contributed by atoms with Crippen LogP contribution in [-0.2, 0) is 22.8 Å². The number of carboxylic acid groups (broad SMARTS) is 1. The molecule has 11 heteroatoms. The zero-order valence-electron chi connectivity index (χ0n) is 18.5. The molecule has 0 bridgehead atoms. The van der Waals surface area contributed by atoms with Gasteiger partial charge < -0.3 is 9.67 Å². The van der Waals surface area contributed by atoms with E-state index in [-0.39, 0.29) is 29.5 Å². The number of halogens is 1. The molecule has 9 nitrogen and oxygen atoms in total. The highest BCUT2D eigenvalue weighted by Gasteiger charge is 2.35. The van der Waals surface area contributed by atoms with Crippen LogP contribution in [0.5, 0.6) is 0 Å². The van der Waals surface area contributed by atoms with E-state index in [9.17, 15) is 18.3 Å². The highest BCUT2D eigenvalue weighted by molar-refractivity contribution is 7.91. The van der Waals surface area contributed by atoms with Crippen molar-refractivity contribution in [1.29, 1.82) is 0 Å². The first-order chi connectivity index (χ1) is 15.6. The molecule has 0 saturated carbocycles. The largest absolute Gasteiger partial charge is 0.465 e. The number of amides is 1.